The van der Waals surface area contributed by atoms with E-state index in [-0.39, 0.29) is 25.7 Å². The molecule has 19 heteroatoms. The molecule has 0 aromatic heterocycles. The Morgan fingerprint density at radius 2 is 0.527 bits per heavy atom. The van der Waals surface area contributed by atoms with E-state index in [2.05, 4.69) is 55.4 Å². The van der Waals surface area contributed by atoms with Crippen molar-refractivity contribution < 1.29 is 80.2 Å². The van der Waals surface area contributed by atoms with Gasteiger partial charge in [-0.2, -0.15) is 0 Å². The van der Waals surface area contributed by atoms with Crippen LogP contribution in [0.4, 0.5) is 0 Å². The van der Waals surface area contributed by atoms with Gasteiger partial charge in [0.15, 0.2) is 12.2 Å². The van der Waals surface area contributed by atoms with Gasteiger partial charge in [-0.1, -0.05) is 306 Å². The van der Waals surface area contributed by atoms with Crippen molar-refractivity contribution in [3.63, 3.8) is 0 Å². The summed E-state index contributed by atoms with van der Waals surface area (Å²) in [6, 6.07) is 0. The van der Waals surface area contributed by atoms with Crippen LogP contribution in [0.1, 0.15) is 357 Å². The lowest BCUT2D eigenvalue weighted by Crippen LogP contribution is -2.30. The molecule has 0 aliphatic heterocycles. The fraction of sp³-hybridized carbons (Fsp3) is 0.944. The van der Waals surface area contributed by atoms with Crippen LogP contribution in [0.15, 0.2) is 0 Å². The fourth-order valence-electron chi connectivity index (χ4n) is 10.8. The number of aliphatic hydroxyl groups is 1. The zero-order valence-electron chi connectivity index (χ0n) is 59.5. The lowest BCUT2D eigenvalue weighted by Gasteiger charge is -2.21. The van der Waals surface area contributed by atoms with E-state index in [1.807, 2.05) is 0 Å². The largest absolute Gasteiger partial charge is 0.472 e. The van der Waals surface area contributed by atoms with Gasteiger partial charge in [-0.15, -0.1) is 0 Å². The predicted octanol–water partition coefficient (Wildman–Crippen LogP) is 20.5. The molecule has 0 spiro atoms. The van der Waals surface area contributed by atoms with Crippen molar-refractivity contribution in [3.8, 4) is 0 Å². The molecule has 0 aromatic rings. The first-order valence-electron chi connectivity index (χ1n) is 37.2. The van der Waals surface area contributed by atoms with Crippen molar-refractivity contribution in [2.45, 2.75) is 375 Å². The standard InChI is InChI=1S/C72H140O17P2/c1-9-65(8)51-43-35-26-20-18-16-14-12-10-11-13-15-17-19-21-27-36-44-52-69(74)82-58-67(88-71(76)54-46-38-28-22-24-32-40-48-62(2)3)60-86-90(78,79)84-56-66(73)57-85-91(80,81)87-61-68(59-83-70(75)53-45-37-31-30-34-42-50-64(6)7)89-72(77)55-47-39-29-23-25-33-41-49-63(4)5/h62-68,73H,9-61H2,1-8H3,(H,78,79)(H,80,81)/t65?,66-,67-,68-/m1/s1. The van der Waals surface area contributed by atoms with E-state index in [1.165, 1.54) is 154 Å². The molecule has 540 valence electrons. The summed E-state index contributed by atoms with van der Waals surface area (Å²) in [5.41, 5.74) is 0. The Hall–Kier alpha value is -1.94. The monoisotopic (exact) mass is 1340 g/mol. The van der Waals surface area contributed by atoms with Crippen LogP contribution in [0, 0.1) is 23.7 Å². The first-order valence-corrected chi connectivity index (χ1v) is 40.2. The number of carbonyl (C=O) groups excluding carboxylic acids is 4. The van der Waals surface area contributed by atoms with Gasteiger partial charge >= 0.3 is 39.5 Å². The zero-order valence-corrected chi connectivity index (χ0v) is 61.3. The summed E-state index contributed by atoms with van der Waals surface area (Å²) in [7, 11) is -9.90. The Bertz CT molecular complexity index is 1800. The van der Waals surface area contributed by atoms with Gasteiger partial charge in [-0.05, 0) is 49.4 Å². The fourth-order valence-corrected chi connectivity index (χ4v) is 12.4. The summed E-state index contributed by atoms with van der Waals surface area (Å²) in [6.07, 6.45) is 45.0. The minimum absolute atomic E-state index is 0.102. The third-order valence-corrected chi connectivity index (χ3v) is 18.8. The first kappa shape index (κ1) is 89.1. The zero-order chi connectivity index (χ0) is 67.5. The first-order chi connectivity index (χ1) is 43.6. The molecular formula is C72H140O17P2. The van der Waals surface area contributed by atoms with Crippen molar-refractivity contribution in [1.82, 2.24) is 0 Å². The minimum Gasteiger partial charge on any atom is -0.462 e. The molecule has 6 atom stereocenters. The molecule has 3 N–H and O–H groups in total. The lowest BCUT2D eigenvalue weighted by atomic mass is 9.99. The second-order valence-corrected chi connectivity index (χ2v) is 30.6. The minimum atomic E-state index is -4.95. The predicted molar refractivity (Wildman–Crippen MR) is 367 cm³/mol. The molecule has 0 rings (SSSR count). The number of aliphatic hydroxyl groups excluding tert-OH is 1. The van der Waals surface area contributed by atoms with Crippen LogP contribution in [-0.4, -0.2) is 96.7 Å². The number of esters is 4. The average Bonchev–Trinajstić information content (AvgIpc) is 3.00. The third-order valence-electron chi connectivity index (χ3n) is 16.9. The van der Waals surface area contributed by atoms with E-state index in [4.69, 9.17) is 37.0 Å². The highest BCUT2D eigenvalue weighted by Gasteiger charge is 2.30. The second-order valence-electron chi connectivity index (χ2n) is 27.6. The van der Waals surface area contributed by atoms with Gasteiger partial charge in [-0.3, -0.25) is 37.3 Å². The highest BCUT2D eigenvalue weighted by atomic mass is 31.2. The molecule has 0 aromatic carbocycles. The Balaban J connectivity index is 5.10. The Morgan fingerprint density at radius 1 is 0.308 bits per heavy atom. The Morgan fingerprint density at radius 3 is 0.780 bits per heavy atom. The van der Waals surface area contributed by atoms with Gasteiger partial charge in [0.1, 0.15) is 19.3 Å². The van der Waals surface area contributed by atoms with E-state index in [9.17, 15) is 43.2 Å². The van der Waals surface area contributed by atoms with Crippen LogP contribution in [0.5, 0.6) is 0 Å². The number of phosphoric ester groups is 2. The van der Waals surface area contributed by atoms with Crippen LogP contribution in [0.2, 0.25) is 0 Å². The maximum Gasteiger partial charge on any atom is 0.472 e. The maximum atomic E-state index is 13.0. The van der Waals surface area contributed by atoms with Gasteiger partial charge in [0.05, 0.1) is 26.4 Å². The van der Waals surface area contributed by atoms with E-state index < -0.39 is 97.5 Å². The third kappa shape index (κ3) is 65.1. The molecule has 0 fully saturated rings. The van der Waals surface area contributed by atoms with Crippen LogP contribution in [-0.2, 0) is 65.4 Å². The van der Waals surface area contributed by atoms with E-state index in [0.29, 0.717) is 43.4 Å². The molecule has 0 bridgehead atoms. The molecule has 17 nitrogen and oxygen atoms in total. The number of phosphoric acid groups is 2. The molecule has 0 saturated carbocycles. The topological polar surface area (TPSA) is 237 Å². The number of unbranched alkanes of at least 4 members (excludes halogenated alkanes) is 34. The molecule has 0 saturated heterocycles. The van der Waals surface area contributed by atoms with Gasteiger partial charge in [0, 0.05) is 25.7 Å². The van der Waals surface area contributed by atoms with Gasteiger partial charge in [0.25, 0.3) is 0 Å². The van der Waals surface area contributed by atoms with Gasteiger partial charge < -0.3 is 33.8 Å². The van der Waals surface area contributed by atoms with Crippen molar-refractivity contribution in [2.75, 3.05) is 39.6 Å². The summed E-state index contributed by atoms with van der Waals surface area (Å²) in [4.78, 5) is 72.4. The molecular weight excluding hydrogens is 1200 g/mol. The van der Waals surface area contributed by atoms with E-state index in [1.54, 1.807) is 0 Å². The van der Waals surface area contributed by atoms with Crippen LogP contribution in [0.3, 0.4) is 0 Å². The van der Waals surface area contributed by atoms with E-state index >= 15 is 0 Å². The van der Waals surface area contributed by atoms with Gasteiger partial charge in [0.2, 0.25) is 0 Å². The van der Waals surface area contributed by atoms with Crippen LogP contribution in [0.25, 0.3) is 0 Å². The quantitative estimate of drug-likeness (QED) is 0.0222. The van der Waals surface area contributed by atoms with Gasteiger partial charge in [-0.25, -0.2) is 9.13 Å². The van der Waals surface area contributed by atoms with Crippen LogP contribution >= 0.6 is 15.6 Å². The number of hydrogen-bond acceptors (Lipinski definition) is 15. The smallest absolute Gasteiger partial charge is 0.462 e. The van der Waals surface area contributed by atoms with Crippen LogP contribution < -0.4 is 0 Å². The highest BCUT2D eigenvalue weighted by molar-refractivity contribution is 7.47. The average molecular weight is 1340 g/mol. The highest BCUT2D eigenvalue weighted by Crippen LogP contribution is 2.45. The Kier molecular flexibility index (Phi) is 60.3. The maximum absolute atomic E-state index is 13.0. The van der Waals surface area contributed by atoms with Crippen molar-refractivity contribution >= 4 is 39.5 Å². The van der Waals surface area contributed by atoms with Crippen molar-refractivity contribution in [3.05, 3.63) is 0 Å². The Labute approximate surface area is 556 Å². The molecule has 0 heterocycles. The van der Waals surface area contributed by atoms with Crippen molar-refractivity contribution in [1.29, 1.82) is 0 Å². The number of hydrogen-bond donors (Lipinski definition) is 3. The van der Waals surface area contributed by atoms with Crippen molar-refractivity contribution in [2.24, 2.45) is 23.7 Å². The summed E-state index contributed by atoms with van der Waals surface area (Å²) >= 11 is 0. The van der Waals surface area contributed by atoms with E-state index in [0.717, 1.165) is 102 Å². The SMILES string of the molecule is CCC(C)CCCCCCCCCCCCCCCCCCCCC(=O)OC[C@H](COP(=O)(O)OC[C@@H](O)COP(=O)(O)OC[C@@H](COC(=O)CCCCCCCCC(C)C)OC(=O)CCCCCCCCCC(C)C)OC(=O)CCCCCCCCCC(C)C. The summed E-state index contributed by atoms with van der Waals surface area (Å²) in [5, 5.41) is 10.6. The number of ether oxygens (including phenoxy) is 4. The summed E-state index contributed by atoms with van der Waals surface area (Å²) < 4.78 is 68.2. The lowest BCUT2D eigenvalue weighted by molar-refractivity contribution is -0.161. The molecule has 0 aliphatic rings. The summed E-state index contributed by atoms with van der Waals surface area (Å²) in [5.74, 6) is 0.810. The summed E-state index contributed by atoms with van der Waals surface area (Å²) in [6.45, 7) is 14.0. The number of carbonyl (C=O) groups is 4. The molecule has 3 unspecified atom stereocenters. The number of rotatable bonds is 69. The second kappa shape index (κ2) is 61.6. The molecule has 91 heavy (non-hydrogen) atoms. The molecule has 0 aliphatic carbocycles. The molecule has 0 radical (unpaired) electrons. The normalized spacial score (nSPS) is 14.5. The molecule has 0 amide bonds.